The van der Waals surface area contributed by atoms with Gasteiger partial charge in [-0.3, -0.25) is 0 Å². The standard InChI is InChI=1S/C23H21BO2/c1-14-12-15(2)21(16(3)13-14)22-17-8-4-6-10-19(17)23(24(25)26)20-11-7-5-9-18(20)22/h4-13,25-26H,1-3H3. The van der Waals surface area contributed by atoms with Gasteiger partial charge in [0, 0.05) is 0 Å². The van der Waals surface area contributed by atoms with Crippen LogP contribution in [0.15, 0.2) is 60.7 Å². The van der Waals surface area contributed by atoms with Crippen molar-refractivity contribution in [3.63, 3.8) is 0 Å². The third kappa shape index (κ3) is 2.52. The Kier molecular flexibility index (Phi) is 4.06. The molecule has 4 rings (SSSR count). The fraction of sp³-hybridized carbons (Fsp3) is 0.130. The smallest absolute Gasteiger partial charge is 0.423 e. The van der Waals surface area contributed by atoms with Crippen LogP contribution in [-0.2, 0) is 0 Å². The van der Waals surface area contributed by atoms with E-state index in [0.29, 0.717) is 5.46 Å². The summed E-state index contributed by atoms with van der Waals surface area (Å²) in [7, 11) is -1.51. The van der Waals surface area contributed by atoms with E-state index in [9.17, 15) is 10.0 Å². The zero-order valence-corrected chi connectivity index (χ0v) is 15.2. The molecule has 26 heavy (non-hydrogen) atoms. The molecule has 0 heterocycles. The van der Waals surface area contributed by atoms with Crippen molar-refractivity contribution in [2.45, 2.75) is 20.8 Å². The van der Waals surface area contributed by atoms with Crippen molar-refractivity contribution >= 4 is 34.1 Å². The molecule has 4 aromatic rings. The molecule has 4 aromatic carbocycles. The van der Waals surface area contributed by atoms with Gasteiger partial charge in [-0.1, -0.05) is 66.2 Å². The van der Waals surface area contributed by atoms with Gasteiger partial charge in [-0.25, -0.2) is 0 Å². The molecule has 0 radical (unpaired) electrons. The first kappa shape index (κ1) is 16.8. The molecule has 2 N–H and O–H groups in total. The fourth-order valence-electron chi connectivity index (χ4n) is 4.28. The largest absolute Gasteiger partial charge is 0.489 e. The van der Waals surface area contributed by atoms with Crippen molar-refractivity contribution in [2.24, 2.45) is 0 Å². The topological polar surface area (TPSA) is 40.5 Å². The van der Waals surface area contributed by atoms with Crippen LogP contribution >= 0.6 is 0 Å². The Morgan fingerprint density at radius 1 is 0.615 bits per heavy atom. The highest BCUT2D eigenvalue weighted by Gasteiger charge is 2.23. The summed E-state index contributed by atoms with van der Waals surface area (Å²) in [6.07, 6.45) is 0. The van der Waals surface area contributed by atoms with Crippen LogP contribution in [0.2, 0.25) is 0 Å². The van der Waals surface area contributed by atoms with Gasteiger partial charge in [-0.05, 0) is 70.0 Å². The lowest BCUT2D eigenvalue weighted by molar-refractivity contribution is 0.426. The monoisotopic (exact) mass is 340 g/mol. The highest BCUT2D eigenvalue weighted by Crippen LogP contribution is 2.39. The molecule has 0 atom stereocenters. The summed E-state index contributed by atoms with van der Waals surface area (Å²) in [6, 6.07) is 20.4. The van der Waals surface area contributed by atoms with Crippen molar-refractivity contribution in [2.75, 3.05) is 0 Å². The molecular formula is C23H21BO2. The molecule has 0 fully saturated rings. The van der Waals surface area contributed by atoms with E-state index in [0.717, 1.165) is 27.1 Å². The van der Waals surface area contributed by atoms with Crippen molar-refractivity contribution in [3.8, 4) is 11.1 Å². The van der Waals surface area contributed by atoms with Gasteiger partial charge in [0.25, 0.3) is 0 Å². The van der Waals surface area contributed by atoms with Crippen molar-refractivity contribution < 1.29 is 10.0 Å². The summed E-state index contributed by atoms with van der Waals surface area (Å²) in [4.78, 5) is 0. The molecule has 0 bridgehead atoms. The van der Waals surface area contributed by atoms with E-state index in [2.05, 4.69) is 45.0 Å². The quantitative estimate of drug-likeness (QED) is 0.423. The Balaban J connectivity index is 2.29. The van der Waals surface area contributed by atoms with Gasteiger partial charge in [-0.2, -0.15) is 0 Å². The maximum absolute atomic E-state index is 10.1. The van der Waals surface area contributed by atoms with Gasteiger partial charge < -0.3 is 10.0 Å². The predicted molar refractivity (Wildman–Crippen MR) is 111 cm³/mol. The van der Waals surface area contributed by atoms with E-state index < -0.39 is 7.12 Å². The van der Waals surface area contributed by atoms with E-state index in [-0.39, 0.29) is 0 Å². The number of aryl methyl sites for hydroxylation is 3. The molecule has 0 unspecified atom stereocenters. The molecule has 128 valence electrons. The molecule has 0 aliphatic rings. The lowest BCUT2D eigenvalue weighted by Crippen LogP contribution is -2.31. The van der Waals surface area contributed by atoms with Crippen LogP contribution in [0.25, 0.3) is 32.7 Å². The van der Waals surface area contributed by atoms with E-state index >= 15 is 0 Å². The maximum Gasteiger partial charge on any atom is 0.489 e. The van der Waals surface area contributed by atoms with Gasteiger partial charge >= 0.3 is 7.12 Å². The van der Waals surface area contributed by atoms with E-state index in [1.165, 1.54) is 22.3 Å². The van der Waals surface area contributed by atoms with Crippen molar-refractivity contribution in [1.29, 1.82) is 0 Å². The summed E-state index contributed by atoms with van der Waals surface area (Å²) in [5.74, 6) is 0. The second-order valence-corrected chi connectivity index (χ2v) is 7.03. The van der Waals surface area contributed by atoms with Crippen LogP contribution in [0.4, 0.5) is 0 Å². The second-order valence-electron chi connectivity index (χ2n) is 7.03. The minimum Gasteiger partial charge on any atom is -0.423 e. The minimum atomic E-state index is -1.51. The van der Waals surface area contributed by atoms with E-state index in [1.807, 2.05) is 36.4 Å². The minimum absolute atomic E-state index is 0.572. The highest BCUT2D eigenvalue weighted by molar-refractivity contribution is 6.66. The SMILES string of the molecule is Cc1cc(C)c(-c2c3ccccc3c(B(O)O)c3ccccc23)c(C)c1. The number of hydrogen-bond donors (Lipinski definition) is 2. The molecule has 0 saturated heterocycles. The highest BCUT2D eigenvalue weighted by atomic mass is 16.4. The molecule has 0 aliphatic carbocycles. The zero-order valence-electron chi connectivity index (χ0n) is 15.2. The molecule has 2 nitrogen and oxygen atoms in total. The van der Waals surface area contributed by atoms with Gasteiger partial charge in [0.15, 0.2) is 0 Å². The Morgan fingerprint density at radius 2 is 1.04 bits per heavy atom. The lowest BCUT2D eigenvalue weighted by Gasteiger charge is -2.20. The molecule has 0 spiro atoms. The molecule has 0 aromatic heterocycles. The summed E-state index contributed by atoms with van der Waals surface area (Å²) < 4.78 is 0. The molecule has 0 saturated carbocycles. The number of rotatable bonds is 2. The first-order chi connectivity index (χ1) is 12.5. The predicted octanol–water partition coefficient (Wildman–Crippen LogP) is 4.27. The molecule has 0 aliphatic heterocycles. The summed E-state index contributed by atoms with van der Waals surface area (Å²) in [5.41, 5.74) is 6.67. The van der Waals surface area contributed by atoms with Crippen LogP contribution in [0.5, 0.6) is 0 Å². The van der Waals surface area contributed by atoms with E-state index in [4.69, 9.17) is 0 Å². The summed E-state index contributed by atoms with van der Waals surface area (Å²) >= 11 is 0. The van der Waals surface area contributed by atoms with Crippen LogP contribution in [0.1, 0.15) is 16.7 Å². The average molecular weight is 340 g/mol. The van der Waals surface area contributed by atoms with Crippen LogP contribution in [-0.4, -0.2) is 17.2 Å². The average Bonchev–Trinajstić information content (AvgIpc) is 2.60. The van der Waals surface area contributed by atoms with Crippen LogP contribution < -0.4 is 5.46 Å². The molecule has 3 heteroatoms. The van der Waals surface area contributed by atoms with E-state index in [1.54, 1.807) is 0 Å². The molecular weight excluding hydrogens is 319 g/mol. The van der Waals surface area contributed by atoms with Gasteiger partial charge in [0.1, 0.15) is 0 Å². The lowest BCUT2D eigenvalue weighted by atomic mass is 9.72. The van der Waals surface area contributed by atoms with Gasteiger partial charge in [-0.15, -0.1) is 0 Å². The first-order valence-electron chi connectivity index (χ1n) is 8.86. The maximum atomic E-state index is 10.1. The zero-order chi connectivity index (χ0) is 18.4. The van der Waals surface area contributed by atoms with Gasteiger partial charge in [0.05, 0.1) is 0 Å². The second kappa shape index (κ2) is 6.28. The van der Waals surface area contributed by atoms with Crippen molar-refractivity contribution in [3.05, 3.63) is 77.4 Å². The Bertz CT molecular complexity index is 1070. The third-order valence-corrected chi connectivity index (χ3v) is 5.16. The van der Waals surface area contributed by atoms with Gasteiger partial charge in [0.2, 0.25) is 0 Å². The van der Waals surface area contributed by atoms with Crippen LogP contribution in [0.3, 0.4) is 0 Å². The Morgan fingerprint density at radius 3 is 1.46 bits per heavy atom. The summed E-state index contributed by atoms with van der Waals surface area (Å²) in [6.45, 7) is 6.41. The number of benzene rings is 4. The first-order valence-corrected chi connectivity index (χ1v) is 8.86. The Hall–Kier alpha value is -2.62. The third-order valence-electron chi connectivity index (χ3n) is 5.16. The Labute approximate surface area is 153 Å². The summed E-state index contributed by atoms with van der Waals surface area (Å²) in [5, 5.41) is 24.0. The molecule has 0 amide bonds. The fourth-order valence-corrected chi connectivity index (χ4v) is 4.28. The van der Waals surface area contributed by atoms with Crippen LogP contribution in [0, 0.1) is 20.8 Å². The van der Waals surface area contributed by atoms with Crippen molar-refractivity contribution in [1.82, 2.24) is 0 Å². The number of hydrogen-bond acceptors (Lipinski definition) is 2. The number of fused-ring (bicyclic) bond motifs is 2. The normalized spacial score (nSPS) is 11.3.